The molecule has 2 N–H and O–H groups in total. The molecule has 0 aliphatic carbocycles. The highest BCUT2D eigenvalue weighted by molar-refractivity contribution is 5.88. The lowest BCUT2D eigenvalue weighted by Crippen LogP contribution is -2.36. The molecule has 1 amide bonds. The fourth-order valence-electron chi connectivity index (χ4n) is 4.98. The van der Waals surface area contributed by atoms with Crippen LogP contribution in [0, 0.1) is 0 Å². The number of rotatable bonds is 5. The normalized spacial score (nSPS) is 16.5. The first-order valence-electron chi connectivity index (χ1n) is 13.0. The summed E-state index contributed by atoms with van der Waals surface area (Å²) in [5.41, 5.74) is 5.03. The van der Waals surface area contributed by atoms with Crippen LogP contribution in [0.4, 0.5) is 23.1 Å². The van der Waals surface area contributed by atoms with E-state index in [0.717, 1.165) is 80.6 Å². The van der Waals surface area contributed by atoms with Gasteiger partial charge in [-0.1, -0.05) is 0 Å². The minimum absolute atomic E-state index is 0.125. The number of H-pyrrole nitrogens is 1. The lowest BCUT2D eigenvalue weighted by molar-refractivity contribution is -0.128. The summed E-state index contributed by atoms with van der Waals surface area (Å²) in [6.07, 6.45) is 4.39. The van der Waals surface area contributed by atoms with Crippen LogP contribution in [-0.4, -0.2) is 88.2 Å². The van der Waals surface area contributed by atoms with Gasteiger partial charge in [0.25, 0.3) is 0 Å². The van der Waals surface area contributed by atoms with Crippen molar-refractivity contribution in [3.63, 3.8) is 0 Å². The summed E-state index contributed by atoms with van der Waals surface area (Å²) in [5, 5.41) is 3.33. The Morgan fingerprint density at radius 1 is 0.921 bits per heavy atom. The van der Waals surface area contributed by atoms with Crippen molar-refractivity contribution in [2.75, 3.05) is 67.6 Å². The first kappa shape index (κ1) is 24.1. The molecule has 0 unspecified atom stereocenters. The number of nitrogens with one attached hydrogen (secondary N) is 2. The maximum Gasteiger partial charge on any atom is 0.229 e. The van der Waals surface area contributed by atoms with Gasteiger partial charge in [-0.15, -0.1) is 0 Å². The van der Waals surface area contributed by atoms with E-state index in [1.807, 2.05) is 35.4 Å². The summed E-state index contributed by atoms with van der Waals surface area (Å²) < 4.78 is 5.46. The lowest BCUT2D eigenvalue weighted by Gasteiger charge is -2.28. The number of carbonyl (C=O) groups is 1. The number of aromatic amines is 1. The van der Waals surface area contributed by atoms with E-state index in [0.29, 0.717) is 18.1 Å². The Morgan fingerprint density at radius 3 is 2.53 bits per heavy atom. The SMILES string of the molecule is CC(=O)N1CCCN(c2ccc(-c3nc(Nc4ccc(N5CCOCC5)cc4)nc4nc[nH]c34)cn2)CC1. The number of benzene rings is 1. The second-order valence-corrected chi connectivity index (χ2v) is 9.52. The molecule has 0 atom stereocenters. The number of anilines is 4. The summed E-state index contributed by atoms with van der Waals surface area (Å²) in [6, 6.07) is 12.3. The number of carbonyl (C=O) groups excluding carboxylic acids is 1. The van der Waals surface area contributed by atoms with Gasteiger partial charge in [-0.25, -0.2) is 15.0 Å². The molecule has 196 valence electrons. The molecule has 6 rings (SSSR count). The Labute approximate surface area is 220 Å². The summed E-state index contributed by atoms with van der Waals surface area (Å²) in [4.78, 5) is 39.9. The molecule has 11 heteroatoms. The second kappa shape index (κ2) is 10.6. The van der Waals surface area contributed by atoms with E-state index in [1.54, 1.807) is 13.3 Å². The largest absolute Gasteiger partial charge is 0.378 e. The third kappa shape index (κ3) is 5.10. The summed E-state index contributed by atoms with van der Waals surface area (Å²) in [7, 11) is 0. The molecule has 2 fully saturated rings. The highest BCUT2D eigenvalue weighted by Crippen LogP contribution is 2.28. The van der Waals surface area contributed by atoms with Gasteiger partial charge in [0.15, 0.2) is 5.65 Å². The van der Waals surface area contributed by atoms with Crippen molar-refractivity contribution in [1.82, 2.24) is 29.8 Å². The average molecular weight is 514 g/mol. The van der Waals surface area contributed by atoms with Gasteiger partial charge in [0, 0.05) is 69.3 Å². The molecule has 2 aliphatic rings. The number of amides is 1. The molecule has 1 aromatic carbocycles. The Balaban J connectivity index is 1.21. The van der Waals surface area contributed by atoms with E-state index < -0.39 is 0 Å². The number of aromatic nitrogens is 5. The predicted molar refractivity (Wildman–Crippen MR) is 147 cm³/mol. The van der Waals surface area contributed by atoms with Crippen LogP contribution >= 0.6 is 0 Å². The fraction of sp³-hybridized carbons (Fsp3) is 0.370. The number of morpholine rings is 1. The molecule has 0 bridgehead atoms. The molecule has 11 nitrogen and oxygen atoms in total. The molecule has 0 radical (unpaired) electrons. The Hall–Kier alpha value is -4.25. The fourth-order valence-corrected chi connectivity index (χ4v) is 4.98. The molecule has 3 aromatic heterocycles. The van der Waals surface area contributed by atoms with Gasteiger partial charge in [0.05, 0.1) is 19.5 Å². The molecule has 4 aromatic rings. The van der Waals surface area contributed by atoms with Crippen LogP contribution in [-0.2, 0) is 9.53 Å². The minimum Gasteiger partial charge on any atom is -0.378 e. The third-order valence-electron chi connectivity index (χ3n) is 7.07. The van der Waals surface area contributed by atoms with Crippen molar-refractivity contribution in [3.05, 3.63) is 48.9 Å². The number of hydrogen-bond acceptors (Lipinski definition) is 9. The van der Waals surface area contributed by atoms with E-state index in [9.17, 15) is 4.79 Å². The topological polar surface area (TPSA) is 115 Å². The Morgan fingerprint density at radius 2 is 1.76 bits per heavy atom. The third-order valence-corrected chi connectivity index (χ3v) is 7.07. The van der Waals surface area contributed by atoms with Crippen LogP contribution in [0.5, 0.6) is 0 Å². The molecular weight excluding hydrogens is 482 g/mol. The first-order chi connectivity index (χ1) is 18.6. The highest BCUT2D eigenvalue weighted by atomic mass is 16.5. The van der Waals surface area contributed by atoms with Crippen molar-refractivity contribution in [2.45, 2.75) is 13.3 Å². The van der Waals surface area contributed by atoms with E-state index >= 15 is 0 Å². The summed E-state index contributed by atoms with van der Waals surface area (Å²) in [6.45, 7) is 8.07. The second-order valence-electron chi connectivity index (χ2n) is 9.52. The Kier molecular flexibility index (Phi) is 6.74. The maximum absolute atomic E-state index is 11.8. The standard InChI is InChI=1S/C27H31N9O2/c1-19(37)34-9-2-10-36(12-11-34)23-8-3-20(17-28-23)24-25-26(30-18-29-25)33-27(32-24)31-21-4-6-22(7-5-21)35-13-15-38-16-14-35/h3-8,17-18H,2,9-16H2,1H3,(H2,29,30,31,32,33). The van der Waals surface area contributed by atoms with Crippen LogP contribution in [0.15, 0.2) is 48.9 Å². The quantitative estimate of drug-likeness (QED) is 0.415. The smallest absolute Gasteiger partial charge is 0.229 e. The van der Waals surface area contributed by atoms with Crippen molar-refractivity contribution in [2.24, 2.45) is 0 Å². The van der Waals surface area contributed by atoms with Crippen molar-refractivity contribution in [3.8, 4) is 11.3 Å². The first-order valence-corrected chi connectivity index (χ1v) is 13.0. The van der Waals surface area contributed by atoms with Crippen molar-refractivity contribution < 1.29 is 9.53 Å². The van der Waals surface area contributed by atoms with Crippen LogP contribution in [0.2, 0.25) is 0 Å². The maximum atomic E-state index is 11.8. The minimum atomic E-state index is 0.125. The lowest BCUT2D eigenvalue weighted by atomic mass is 10.2. The van der Waals surface area contributed by atoms with Crippen molar-refractivity contribution >= 4 is 40.2 Å². The number of ether oxygens (including phenoxy) is 1. The summed E-state index contributed by atoms with van der Waals surface area (Å²) >= 11 is 0. The van der Waals surface area contributed by atoms with Crippen LogP contribution < -0.4 is 15.1 Å². The molecule has 38 heavy (non-hydrogen) atoms. The van der Waals surface area contributed by atoms with Gasteiger partial charge in [0.2, 0.25) is 11.9 Å². The monoisotopic (exact) mass is 513 g/mol. The molecule has 0 saturated carbocycles. The summed E-state index contributed by atoms with van der Waals surface area (Å²) in [5.74, 6) is 1.49. The van der Waals surface area contributed by atoms with E-state index in [1.165, 1.54) is 5.69 Å². The van der Waals surface area contributed by atoms with Gasteiger partial charge in [-0.2, -0.15) is 4.98 Å². The molecular formula is C27H31N9O2. The number of imidazole rings is 1. The Bertz CT molecular complexity index is 1400. The zero-order chi connectivity index (χ0) is 25.9. The van der Waals surface area contributed by atoms with E-state index in [2.05, 4.69) is 42.2 Å². The predicted octanol–water partition coefficient (Wildman–Crippen LogP) is 3.05. The van der Waals surface area contributed by atoms with Crippen molar-refractivity contribution in [1.29, 1.82) is 0 Å². The number of fused-ring (bicyclic) bond motifs is 1. The average Bonchev–Trinajstić information content (AvgIpc) is 3.28. The van der Waals surface area contributed by atoms with E-state index in [4.69, 9.17) is 14.7 Å². The number of pyridine rings is 1. The van der Waals surface area contributed by atoms with Gasteiger partial charge in [-0.3, -0.25) is 4.79 Å². The van der Waals surface area contributed by atoms with Gasteiger partial charge in [-0.05, 0) is 42.8 Å². The number of hydrogen-bond donors (Lipinski definition) is 2. The number of nitrogens with zero attached hydrogens (tertiary/aromatic N) is 7. The molecule has 0 spiro atoms. The molecule has 5 heterocycles. The van der Waals surface area contributed by atoms with Gasteiger partial charge in [0.1, 0.15) is 17.0 Å². The highest BCUT2D eigenvalue weighted by Gasteiger charge is 2.19. The zero-order valence-corrected chi connectivity index (χ0v) is 21.4. The van der Waals surface area contributed by atoms with Crippen LogP contribution in [0.25, 0.3) is 22.4 Å². The van der Waals surface area contributed by atoms with E-state index in [-0.39, 0.29) is 5.91 Å². The van der Waals surface area contributed by atoms with Crippen LogP contribution in [0.1, 0.15) is 13.3 Å². The zero-order valence-electron chi connectivity index (χ0n) is 21.4. The van der Waals surface area contributed by atoms with Crippen LogP contribution in [0.3, 0.4) is 0 Å². The van der Waals surface area contributed by atoms with Gasteiger partial charge < -0.3 is 29.7 Å². The van der Waals surface area contributed by atoms with Gasteiger partial charge >= 0.3 is 0 Å². The molecule has 2 aliphatic heterocycles. The molecule has 2 saturated heterocycles.